The van der Waals surface area contributed by atoms with Gasteiger partial charge in [-0.25, -0.2) is 9.78 Å². The number of amidine groups is 1. The third kappa shape index (κ3) is 32.8. The topological polar surface area (TPSA) is 433 Å². The number of fused-ring (bicyclic) bond motifs is 6. The number of halogens is 11. The van der Waals surface area contributed by atoms with Crippen LogP contribution in [0.25, 0.3) is 53.9 Å². The van der Waals surface area contributed by atoms with Crippen molar-refractivity contribution in [1.29, 1.82) is 5.41 Å². The summed E-state index contributed by atoms with van der Waals surface area (Å²) in [5, 5.41) is 29.9. The number of nitrogens with two attached hydrogens (primary N) is 1. The summed E-state index contributed by atoms with van der Waals surface area (Å²) in [7, 11) is -1.74. The summed E-state index contributed by atoms with van der Waals surface area (Å²) in [6.07, 6.45) is 3.60. The molecule has 0 saturated carbocycles. The van der Waals surface area contributed by atoms with Crippen LogP contribution in [0.2, 0.25) is 25.1 Å². The molecule has 3 aliphatic heterocycles. The van der Waals surface area contributed by atoms with Crippen molar-refractivity contribution in [3.05, 3.63) is 268 Å². The largest absolute Gasteiger partial charge is 0.524 e. The normalized spacial score (nSPS) is 15.2. The molecule has 5 atom stereocenters. The van der Waals surface area contributed by atoms with Gasteiger partial charge in [0.25, 0.3) is 5.56 Å². The van der Waals surface area contributed by atoms with Crippen LogP contribution in [0.3, 0.4) is 0 Å². The summed E-state index contributed by atoms with van der Waals surface area (Å²) >= 11 is 33.9. The number of aliphatic hydroxyl groups is 1. The zero-order chi connectivity index (χ0) is 103. The molecule has 11 aromatic rings. The van der Waals surface area contributed by atoms with E-state index in [0.717, 1.165) is 82.5 Å². The number of aromatic amines is 1. The van der Waals surface area contributed by atoms with Crippen molar-refractivity contribution >= 4 is 214 Å². The fourth-order valence-electron chi connectivity index (χ4n) is 13.2. The van der Waals surface area contributed by atoms with Gasteiger partial charge in [-0.3, -0.25) is 53.5 Å². The predicted molar refractivity (Wildman–Crippen MR) is 512 cm³/mol. The minimum Gasteiger partial charge on any atom is -0.492 e. The van der Waals surface area contributed by atoms with Crippen LogP contribution in [-0.4, -0.2) is 189 Å². The molecule has 1 aromatic heterocycles. The van der Waals surface area contributed by atoms with Gasteiger partial charge < -0.3 is 58.5 Å². The van der Waals surface area contributed by atoms with Crippen LogP contribution in [0.5, 0.6) is 0 Å². The maximum atomic E-state index is 12.2. The molecule has 10 aromatic carbocycles. The average molecular weight is 2100 g/mol. The highest BCUT2D eigenvalue weighted by atomic mass is 35.5. The molecule has 5 N–H and O–H groups in total. The Balaban J connectivity index is 0.000000246. The van der Waals surface area contributed by atoms with Gasteiger partial charge >= 0.3 is 55.1 Å². The summed E-state index contributed by atoms with van der Waals surface area (Å²) < 4.78 is 155. The van der Waals surface area contributed by atoms with Crippen LogP contribution in [0.1, 0.15) is 107 Å². The number of aliphatic hydroxyl groups excluding tert-OH is 1. The molecule has 0 bridgehead atoms. The van der Waals surface area contributed by atoms with Gasteiger partial charge in [0.2, 0.25) is 6.41 Å². The molecule has 14 rings (SSSR count). The first kappa shape index (κ1) is 116. The Bertz CT molecular complexity index is 6490. The first-order valence-corrected chi connectivity index (χ1v) is 47.3. The molecule has 4 heterocycles. The van der Waals surface area contributed by atoms with E-state index in [9.17, 15) is 96.2 Å². The molecule has 3 aliphatic rings. The Morgan fingerprint density at radius 3 is 1.36 bits per heavy atom. The van der Waals surface area contributed by atoms with Crippen LogP contribution in [0.4, 0.5) is 26.3 Å². The molecular formula is C93H92Cl5F6N5O25S4. The second kappa shape index (κ2) is 54.5. The van der Waals surface area contributed by atoms with E-state index in [1.54, 1.807) is 56.9 Å². The quantitative estimate of drug-likeness (QED) is 0.00475. The maximum absolute atomic E-state index is 12.2. The molecule has 138 heavy (non-hydrogen) atoms. The minimum atomic E-state index is -6.85. The van der Waals surface area contributed by atoms with E-state index >= 15 is 0 Å². The molecule has 1 fully saturated rings. The van der Waals surface area contributed by atoms with Gasteiger partial charge in [0.05, 0.1) is 77.6 Å². The maximum Gasteiger partial charge on any atom is 0.524 e. The fourth-order valence-corrected chi connectivity index (χ4v) is 16.6. The van der Waals surface area contributed by atoms with E-state index in [2.05, 4.69) is 28.9 Å². The minimum absolute atomic E-state index is 0.0387. The number of methoxy groups -OCH3 is 6. The summed E-state index contributed by atoms with van der Waals surface area (Å²) in [6, 6.07) is 56.7. The zero-order valence-electron chi connectivity index (χ0n) is 75.1. The average Bonchev–Trinajstić information content (AvgIpc) is 0.778. The second-order valence-corrected chi connectivity index (χ2v) is 36.0. The van der Waals surface area contributed by atoms with Gasteiger partial charge in [-0.1, -0.05) is 233 Å². The highest BCUT2D eigenvalue weighted by molar-refractivity contribution is 8.13. The number of alkyl halides is 6. The van der Waals surface area contributed by atoms with Crippen LogP contribution >= 0.6 is 81.5 Å². The number of carbonyl (C=O) groups excluding carboxylic acids is 9. The Kier molecular flexibility index (Phi) is 45.7. The van der Waals surface area contributed by atoms with E-state index in [4.69, 9.17) is 92.8 Å². The van der Waals surface area contributed by atoms with E-state index in [1.807, 2.05) is 174 Å². The first-order chi connectivity index (χ1) is 65.1. The van der Waals surface area contributed by atoms with Crippen LogP contribution in [-0.2, 0) is 118 Å². The van der Waals surface area contributed by atoms with Crippen molar-refractivity contribution in [2.45, 2.75) is 99.1 Å². The van der Waals surface area contributed by atoms with Gasteiger partial charge in [-0.15, -0.1) is 3.63 Å². The van der Waals surface area contributed by atoms with Crippen molar-refractivity contribution < 1.29 is 138 Å². The number of aromatic nitrogens is 2. The summed E-state index contributed by atoms with van der Waals surface area (Å²) in [4.78, 5) is 122. The predicted octanol–water partition coefficient (Wildman–Crippen LogP) is 18.6. The molecule has 740 valence electrons. The van der Waals surface area contributed by atoms with Gasteiger partial charge in [0, 0.05) is 96.7 Å². The van der Waals surface area contributed by atoms with Crippen molar-refractivity contribution in [3.8, 4) is 0 Å². The number of carbonyl (C=O) groups is 9. The number of H-pyrrole nitrogens is 1. The van der Waals surface area contributed by atoms with Gasteiger partial charge in [0.15, 0.2) is 28.2 Å². The van der Waals surface area contributed by atoms with E-state index in [-0.39, 0.29) is 97.3 Å². The number of benzene rings is 10. The SMILES string of the molecule is COC(=O)C1=COC(c2cccc3cccc(Cl)c23)CC1=O.COC(=O)C1COC(c2cccc3cccc(Cl)c23)CC1=O.COC(=O)CC(=O)CC(O)c1cccc2cccc(Cl)c12.COC(=O)CC(C)=O.COC(OC)N(C)C.CSC(=N)N.CSc1nc2c(c(=O)[nH]1)COC(c1cccc3cccc(Cl)c13)C2.O=Cc1cccc2cccc(Cl)c12.O=S(=O)(OS(=O)(=O)C(F)(F)F)C(F)(F)F. The van der Waals surface area contributed by atoms with Gasteiger partial charge in [-0.2, -0.15) is 43.2 Å². The second-order valence-electron chi connectivity index (χ2n) is 29.0. The molecule has 0 radical (unpaired) electrons. The smallest absolute Gasteiger partial charge is 0.492 e. The number of aldehydes is 1. The van der Waals surface area contributed by atoms with Crippen LogP contribution in [0, 0.1) is 11.3 Å². The number of ketones is 4. The summed E-state index contributed by atoms with van der Waals surface area (Å²) in [5.74, 6) is -4.14. The van der Waals surface area contributed by atoms with E-state index < -0.39 is 79.4 Å². The number of hydrogen-bond donors (Lipinski definition) is 4. The number of nitrogens with zero attached hydrogens (tertiary/aromatic N) is 2. The lowest BCUT2D eigenvalue weighted by atomic mass is 9.91. The number of Topliss-reactive ketones (excluding diaryl/α,β-unsaturated/α-hetero) is 4. The molecule has 5 unspecified atom stereocenters. The standard InChI is InChI=1S/C18H15ClN2O2S.C17H15ClO4.C17H13ClO4.C16H15ClO4.C11H7ClO.C5H13NO2.C5H8O3.C2F6O5S2.C2H6N2S/c1-24-18-20-14-8-15(23-9-12(14)17(22)21-18)11-6-2-4-10-5-3-7-13(19)16(10)11;2*1-21-17(20)12-9-22-15(8-14(12)19)11-6-2-4-10-5-3-7-13(18)16(10)11;1-21-15(20)9-11(18)8-14(19)12-6-2-4-10-5-3-7-13(17)16(10)12;12-10-6-2-4-8-3-1-5-9(7-13)11(8)10;1-6(2)5(7-3)8-4;1-4(6)3-5(7)8-2;3-1(4,5)14(9,10)13-15(11,12)2(6,7)8;1-5-2(3)4/h2-7,15H,8-9H2,1H3,(H,20,21,22);2-7,12,15H,8-9H2,1H3;2-7,9,15H,8H2,1H3;2-7,14,19H,8-9H2,1H3;1-7H;5H,1-4H3;3H2,1-2H3;;1H3,(H3,3,4). The molecule has 45 heteroatoms. The third-order valence-electron chi connectivity index (χ3n) is 19.6. The third-order valence-corrected chi connectivity index (χ3v) is 24.8. The van der Waals surface area contributed by atoms with Gasteiger partial charge in [0.1, 0.15) is 48.3 Å². The first-order valence-electron chi connectivity index (χ1n) is 40.2. The lowest BCUT2D eigenvalue weighted by molar-refractivity contribution is -0.179. The highest BCUT2D eigenvalue weighted by Crippen LogP contribution is 2.42. The van der Waals surface area contributed by atoms with E-state index in [0.29, 0.717) is 53.4 Å². The Labute approximate surface area is 821 Å². The highest BCUT2D eigenvalue weighted by Gasteiger charge is 2.57. The molecule has 1 saturated heterocycles. The molecule has 0 aliphatic carbocycles. The number of thioether (sulfide) groups is 2. The molecular weight excluding hydrogens is 2010 g/mol. The summed E-state index contributed by atoms with van der Waals surface area (Å²) in [6.45, 7) is 1.64. The summed E-state index contributed by atoms with van der Waals surface area (Å²) in [5.41, 5.74) is -2.46. The number of hydrogen-bond acceptors (Lipinski definition) is 30. The van der Waals surface area contributed by atoms with Crippen LogP contribution in [0.15, 0.2) is 204 Å². The fraction of sp³-hybridized carbons (Fsp3) is 0.290. The monoisotopic (exact) mass is 2100 g/mol. The van der Waals surface area contributed by atoms with E-state index in [1.165, 1.54) is 65.1 Å². The Morgan fingerprint density at radius 1 is 0.580 bits per heavy atom. The molecule has 0 spiro atoms. The number of esters is 4. The van der Waals surface area contributed by atoms with Crippen molar-refractivity contribution in [2.24, 2.45) is 11.7 Å². The molecule has 0 amide bonds. The zero-order valence-corrected chi connectivity index (χ0v) is 82.1. The van der Waals surface area contributed by atoms with Gasteiger partial charge in [-0.05, 0) is 107 Å². The van der Waals surface area contributed by atoms with Crippen molar-refractivity contribution in [2.75, 3.05) is 75.9 Å². The molecule has 30 nitrogen and oxygen atoms in total. The number of rotatable bonds is 19. The number of nitrogens with one attached hydrogen (secondary N) is 2. The van der Waals surface area contributed by atoms with Crippen molar-refractivity contribution in [3.63, 3.8) is 0 Å². The number of ether oxygens (including phenoxy) is 9. The van der Waals surface area contributed by atoms with Crippen molar-refractivity contribution in [1.82, 2.24) is 14.9 Å². The van der Waals surface area contributed by atoms with Crippen LogP contribution < -0.4 is 11.3 Å². The Morgan fingerprint density at radius 2 is 0.986 bits per heavy atom. The lowest BCUT2D eigenvalue weighted by Gasteiger charge is -2.27. The Hall–Kier alpha value is -11.0. The lowest BCUT2D eigenvalue weighted by Crippen LogP contribution is -2.36.